The van der Waals surface area contributed by atoms with E-state index < -0.39 is 21.6 Å². The summed E-state index contributed by atoms with van der Waals surface area (Å²) in [6.45, 7) is 5.97. The zero-order valence-electron chi connectivity index (χ0n) is 24.8. The van der Waals surface area contributed by atoms with Gasteiger partial charge in [0.2, 0.25) is 21.8 Å². The molecule has 42 heavy (non-hydrogen) atoms. The van der Waals surface area contributed by atoms with Crippen LogP contribution in [0.3, 0.4) is 0 Å². The summed E-state index contributed by atoms with van der Waals surface area (Å²) in [6.07, 6.45) is 1.74. The Bertz CT molecular complexity index is 1440. The van der Waals surface area contributed by atoms with Gasteiger partial charge < -0.3 is 15.0 Å². The summed E-state index contributed by atoms with van der Waals surface area (Å²) in [6, 6.07) is 22.7. The predicted molar refractivity (Wildman–Crippen MR) is 168 cm³/mol. The fraction of sp³-hybridized carbons (Fsp3) is 0.375. The van der Waals surface area contributed by atoms with E-state index in [1.165, 1.54) is 11.4 Å². The van der Waals surface area contributed by atoms with Crippen LogP contribution in [0.4, 0.5) is 5.69 Å². The Balaban J connectivity index is 1.90. The minimum atomic E-state index is -3.63. The molecule has 3 aromatic rings. The molecule has 0 spiro atoms. The first-order valence-corrected chi connectivity index (χ1v) is 16.0. The second-order valence-corrected chi connectivity index (χ2v) is 13.6. The number of ether oxygens (including phenoxy) is 1. The monoisotopic (exact) mass is 613 g/mol. The molecule has 0 aromatic heterocycles. The van der Waals surface area contributed by atoms with Crippen LogP contribution in [-0.2, 0) is 32.6 Å². The van der Waals surface area contributed by atoms with E-state index in [0.717, 1.165) is 17.4 Å². The smallest absolute Gasteiger partial charge is 0.243 e. The van der Waals surface area contributed by atoms with E-state index >= 15 is 0 Å². The van der Waals surface area contributed by atoms with Crippen molar-refractivity contribution < 1.29 is 22.7 Å². The molecule has 226 valence electrons. The van der Waals surface area contributed by atoms with Gasteiger partial charge in [0.15, 0.2) is 0 Å². The molecule has 0 fully saturated rings. The third kappa shape index (κ3) is 10.1. The number of methoxy groups -OCH3 is 1. The van der Waals surface area contributed by atoms with Gasteiger partial charge in [0.05, 0.1) is 19.1 Å². The van der Waals surface area contributed by atoms with Crippen LogP contribution in [-0.4, -0.2) is 56.6 Å². The standard InChI is InChI=1S/C32H40ClN3O5S/c1-32(2,3)34-31(38)29(21-24-11-7-6-8-12-24)35(23-25-16-18-26(33)19-17-25)30(37)15-10-20-36(42(5,39)40)27-13-9-14-28(22-27)41-4/h6-9,11-14,16-19,22,29H,10,15,20-21,23H2,1-5H3,(H,34,38)/t29-/m0/s1. The molecule has 8 nitrogen and oxygen atoms in total. The highest BCUT2D eigenvalue weighted by molar-refractivity contribution is 7.92. The van der Waals surface area contributed by atoms with Crippen molar-refractivity contribution in [2.45, 2.75) is 58.2 Å². The fourth-order valence-corrected chi connectivity index (χ4v) is 5.65. The first-order chi connectivity index (χ1) is 19.8. The third-order valence-corrected chi connectivity index (χ3v) is 7.97. The van der Waals surface area contributed by atoms with Crippen LogP contribution in [0.1, 0.15) is 44.7 Å². The van der Waals surface area contributed by atoms with Gasteiger partial charge in [-0.3, -0.25) is 13.9 Å². The number of nitrogens with one attached hydrogen (secondary N) is 1. The maximum absolute atomic E-state index is 13.9. The van der Waals surface area contributed by atoms with Crippen molar-refractivity contribution in [1.29, 1.82) is 0 Å². The van der Waals surface area contributed by atoms with Gasteiger partial charge in [-0.25, -0.2) is 8.42 Å². The lowest BCUT2D eigenvalue weighted by molar-refractivity contribution is -0.142. The van der Waals surface area contributed by atoms with Crippen molar-refractivity contribution in [3.05, 3.63) is 95.0 Å². The maximum atomic E-state index is 13.9. The van der Waals surface area contributed by atoms with E-state index in [1.807, 2.05) is 63.2 Å². The Morgan fingerprint density at radius 1 is 0.952 bits per heavy atom. The number of hydrogen-bond acceptors (Lipinski definition) is 5. The summed E-state index contributed by atoms with van der Waals surface area (Å²) in [5, 5.41) is 3.61. The molecule has 0 bridgehead atoms. The summed E-state index contributed by atoms with van der Waals surface area (Å²) in [7, 11) is -2.11. The van der Waals surface area contributed by atoms with Crippen molar-refractivity contribution in [2.24, 2.45) is 0 Å². The number of rotatable bonds is 13. The van der Waals surface area contributed by atoms with Gasteiger partial charge in [-0.2, -0.15) is 0 Å². The van der Waals surface area contributed by atoms with Gasteiger partial charge in [-0.1, -0.05) is 60.1 Å². The molecule has 3 aromatic carbocycles. The molecule has 0 saturated carbocycles. The Kier molecular flexibility index (Phi) is 11.4. The average molecular weight is 614 g/mol. The van der Waals surface area contributed by atoms with Crippen LogP contribution in [0.15, 0.2) is 78.9 Å². The summed E-state index contributed by atoms with van der Waals surface area (Å²) in [5.41, 5.74) is 1.69. The molecule has 1 atom stereocenters. The topological polar surface area (TPSA) is 96.0 Å². The Morgan fingerprint density at radius 3 is 2.21 bits per heavy atom. The minimum Gasteiger partial charge on any atom is -0.497 e. The predicted octanol–water partition coefficient (Wildman–Crippen LogP) is 5.45. The summed E-state index contributed by atoms with van der Waals surface area (Å²) in [4.78, 5) is 29.2. The highest BCUT2D eigenvalue weighted by Crippen LogP contribution is 2.24. The number of nitrogens with zero attached hydrogens (tertiary/aromatic N) is 2. The number of sulfonamides is 1. The van der Waals surface area contributed by atoms with E-state index in [1.54, 1.807) is 41.3 Å². The molecule has 0 unspecified atom stereocenters. The van der Waals surface area contributed by atoms with Crippen LogP contribution < -0.4 is 14.4 Å². The first-order valence-electron chi connectivity index (χ1n) is 13.8. The summed E-state index contributed by atoms with van der Waals surface area (Å²) in [5.74, 6) is 0.0109. The molecule has 0 saturated heterocycles. The van der Waals surface area contributed by atoms with Crippen molar-refractivity contribution >= 4 is 39.1 Å². The Labute approximate surface area is 254 Å². The number of anilines is 1. The van der Waals surface area contributed by atoms with Crippen LogP contribution in [0.5, 0.6) is 5.75 Å². The van der Waals surface area contributed by atoms with Crippen molar-refractivity contribution in [2.75, 3.05) is 24.2 Å². The highest BCUT2D eigenvalue weighted by Gasteiger charge is 2.32. The number of benzene rings is 3. The van der Waals surface area contributed by atoms with Crippen molar-refractivity contribution in [3.63, 3.8) is 0 Å². The first kappa shape index (κ1) is 32.9. The number of hydrogen-bond donors (Lipinski definition) is 1. The number of carbonyl (C=O) groups excluding carboxylic acids is 2. The van der Waals surface area contributed by atoms with Gasteiger partial charge in [-0.15, -0.1) is 0 Å². The van der Waals surface area contributed by atoms with Gasteiger partial charge in [0.1, 0.15) is 11.8 Å². The molecule has 0 aliphatic carbocycles. The van der Waals surface area contributed by atoms with Crippen molar-refractivity contribution in [3.8, 4) is 5.75 Å². The van der Waals surface area contributed by atoms with E-state index in [0.29, 0.717) is 22.9 Å². The molecule has 1 N–H and O–H groups in total. The fourth-order valence-electron chi connectivity index (χ4n) is 4.56. The largest absolute Gasteiger partial charge is 0.497 e. The number of halogens is 1. The van der Waals surface area contributed by atoms with Gasteiger partial charge >= 0.3 is 0 Å². The Hall–Kier alpha value is -3.56. The van der Waals surface area contributed by atoms with E-state index in [9.17, 15) is 18.0 Å². The third-order valence-electron chi connectivity index (χ3n) is 6.53. The average Bonchev–Trinajstić information content (AvgIpc) is 2.92. The molecule has 2 amide bonds. The lowest BCUT2D eigenvalue weighted by atomic mass is 10.00. The quantitative estimate of drug-likeness (QED) is 0.277. The van der Waals surface area contributed by atoms with Gasteiger partial charge in [0, 0.05) is 42.6 Å². The van der Waals surface area contributed by atoms with Gasteiger partial charge in [0.25, 0.3) is 0 Å². The number of carbonyl (C=O) groups is 2. The normalized spacial score (nSPS) is 12.3. The second kappa shape index (κ2) is 14.6. The van der Waals surface area contributed by atoms with Crippen LogP contribution >= 0.6 is 11.6 Å². The molecule has 10 heteroatoms. The number of amides is 2. The minimum absolute atomic E-state index is 0.0394. The summed E-state index contributed by atoms with van der Waals surface area (Å²) >= 11 is 6.10. The summed E-state index contributed by atoms with van der Waals surface area (Å²) < 4.78 is 31.9. The van der Waals surface area contributed by atoms with E-state index in [-0.39, 0.29) is 37.7 Å². The lowest BCUT2D eigenvalue weighted by Crippen LogP contribution is -2.54. The zero-order valence-corrected chi connectivity index (χ0v) is 26.4. The molecule has 0 radical (unpaired) electrons. The van der Waals surface area contributed by atoms with E-state index in [4.69, 9.17) is 16.3 Å². The SMILES string of the molecule is COc1cccc(N(CCCC(=O)N(Cc2ccc(Cl)cc2)[C@@H](Cc2ccccc2)C(=O)NC(C)(C)C)S(C)(=O)=O)c1. The molecule has 0 aliphatic rings. The van der Waals surface area contributed by atoms with Crippen LogP contribution in [0.25, 0.3) is 0 Å². The molecule has 0 heterocycles. The second-order valence-electron chi connectivity index (χ2n) is 11.2. The maximum Gasteiger partial charge on any atom is 0.243 e. The van der Waals surface area contributed by atoms with Gasteiger partial charge in [-0.05, 0) is 62.6 Å². The van der Waals surface area contributed by atoms with E-state index in [2.05, 4.69) is 5.32 Å². The Morgan fingerprint density at radius 2 is 1.62 bits per heavy atom. The molecule has 3 rings (SSSR count). The van der Waals surface area contributed by atoms with Crippen LogP contribution in [0.2, 0.25) is 5.02 Å². The van der Waals surface area contributed by atoms with Crippen molar-refractivity contribution in [1.82, 2.24) is 10.2 Å². The molecular formula is C32H40ClN3O5S. The highest BCUT2D eigenvalue weighted by atomic mass is 35.5. The molecule has 0 aliphatic heterocycles. The molecular weight excluding hydrogens is 574 g/mol. The lowest BCUT2D eigenvalue weighted by Gasteiger charge is -2.34. The van der Waals surface area contributed by atoms with Crippen LogP contribution in [0, 0.1) is 0 Å². The zero-order chi connectivity index (χ0) is 30.9.